The molecule has 0 fully saturated rings. The number of pyridine rings is 1. The highest BCUT2D eigenvalue weighted by Crippen LogP contribution is 2.27. The van der Waals surface area contributed by atoms with Crippen LogP contribution in [0.15, 0.2) is 18.3 Å². The van der Waals surface area contributed by atoms with E-state index in [1.54, 1.807) is 0 Å². The van der Waals surface area contributed by atoms with Gasteiger partial charge >= 0.3 is 6.18 Å². The van der Waals surface area contributed by atoms with Gasteiger partial charge in [0.25, 0.3) is 0 Å². The van der Waals surface area contributed by atoms with Crippen LogP contribution < -0.4 is 5.32 Å². The molecule has 1 rings (SSSR count). The highest BCUT2D eigenvalue weighted by molar-refractivity contribution is 5.78. The lowest BCUT2D eigenvalue weighted by Gasteiger charge is -2.05. The van der Waals surface area contributed by atoms with Gasteiger partial charge in [-0.25, -0.2) is 0 Å². The second-order valence-electron chi connectivity index (χ2n) is 2.90. The van der Waals surface area contributed by atoms with Crippen molar-refractivity contribution in [2.75, 3.05) is 7.05 Å². The molecule has 0 radical (unpaired) electrons. The number of rotatable bonds is 2. The molecule has 0 spiro atoms. The number of hydrogen-bond donors (Lipinski definition) is 1. The number of amides is 1. The van der Waals surface area contributed by atoms with E-state index in [2.05, 4.69) is 10.3 Å². The second kappa shape index (κ2) is 4.29. The standard InChI is InChI=1S/C9H9F3N2O/c1-13-8(15)4-6-2-3-7(14-5-6)9(10,11)12/h2-3,5H,4H2,1H3,(H,13,15). The van der Waals surface area contributed by atoms with E-state index in [-0.39, 0.29) is 12.3 Å². The van der Waals surface area contributed by atoms with Gasteiger partial charge in [0.1, 0.15) is 5.69 Å². The van der Waals surface area contributed by atoms with Crippen LogP contribution in [0.3, 0.4) is 0 Å². The number of likely N-dealkylation sites (N-methyl/N-ethyl adjacent to an activating group) is 1. The van der Waals surface area contributed by atoms with Gasteiger partial charge in [0.15, 0.2) is 0 Å². The Morgan fingerprint density at radius 2 is 2.13 bits per heavy atom. The van der Waals surface area contributed by atoms with Crippen molar-refractivity contribution in [3.8, 4) is 0 Å². The molecule has 1 amide bonds. The van der Waals surface area contributed by atoms with E-state index in [0.29, 0.717) is 5.56 Å². The SMILES string of the molecule is CNC(=O)Cc1ccc(C(F)(F)F)nc1. The number of alkyl halides is 3. The van der Waals surface area contributed by atoms with Gasteiger partial charge < -0.3 is 5.32 Å². The number of carbonyl (C=O) groups excluding carboxylic acids is 1. The average molecular weight is 218 g/mol. The molecule has 1 heterocycles. The van der Waals surface area contributed by atoms with Gasteiger partial charge in [-0.3, -0.25) is 9.78 Å². The van der Waals surface area contributed by atoms with Gasteiger partial charge in [-0.15, -0.1) is 0 Å². The lowest BCUT2D eigenvalue weighted by atomic mass is 10.2. The monoisotopic (exact) mass is 218 g/mol. The molecule has 0 aliphatic carbocycles. The first kappa shape index (κ1) is 11.5. The Morgan fingerprint density at radius 1 is 1.47 bits per heavy atom. The molecular weight excluding hydrogens is 209 g/mol. The fourth-order valence-electron chi connectivity index (χ4n) is 0.971. The molecule has 0 saturated carbocycles. The summed E-state index contributed by atoms with van der Waals surface area (Å²) in [5.41, 5.74) is -0.509. The van der Waals surface area contributed by atoms with Crippen LogP contribution in [0.5, 0.6) is 0 Å². The summed E-state index contributed by atoms with van der Waals surface area (Å²) in [6.07, 6.45) is -3.36. The Hall–Kier alpha value is -1.59. The summed E-state index contributed by atoms with van der Waals surface area (Å²) in [4.78, 5) is 14.1. The lowest BCUT2D eigenvalue weighted by molar-refractivity contribution is -0.141. The molecule has 3 nitrogen and oxygen atoms in total. The largest absolute Gasteiger partial charge is 0.433 e. The molecule has 82 valence electrons. The molecule has 0 aromatic carbocycles. The number of hydrogen-bond acceptors (Lipinski definition) is 2. The maximum Gasteiger partial charge on any atom is 0.433 e. The van der Waals surface area contributed by atoms with Gasteiger partial charge in [-0.2, -0.15) is 13.2 Å². The van der Waals surface area contributed by atoms with Crippen molar-refractivity contribution in [3.05, 3.63) is 29.6 Å². The molecule has 0 atom stereocenters. The van der Waals surface area contributed by atoms with Gasteiger partial charge in [0.05, 0.1) is 6.42 Å². The molecule has 0 saturated heterocycles. The quantitative estimate of drug-likeness (QED) is 0.815. The van der Waals surface area contributed by atoms with Crippen LogP contribution in [0, 0.1) is 0 Å². The predicted molar refractivity (Wildman–Crippen MR) is 47.0 cm³/mol. The van der Waals surface area contributed by atoms with Crippen molar-refractivity contribution in [3.63, 3.8) is 0 Å². The Morgan fingerprint density at radius 3 is 2.53 bits per heavy atom. The van der Waals surface area contributed by atoms with Crippen LogP contribution in [-0.4, -0.2) is 17.9 Å². The topological polar surface area (TPSA) is 42.0 Å². The van der Waals surface area contributed by atoms with E-state index in [4.69, 9.17) is 0 Å². The van der Waals surface area contributed by atoms with Gasteiger partial charge in [-0.1, -0.05) is 6.07 Å². The van der Waals surface area contributed by atoms with E-state index in [0.717, 1.165) is 12.3 Å². The summed E-state index contributed by atoms with van der Waals surface area (Å²) in [6.45, 7) is 0. The van der Waals surface area contributed by atoms with Crippen molar-refractivity contribution in [2.24, 2.45) is 0 Å². The molecule has 1 aromatic rings. The van der Waals surface area contributed by atoms with E-state index in [1.807, 2.05) is 0 Å². The van der Waals surface area contributed by atoms with E-state index in [1.165, 1.54) is 13.1 Å². The van der Waals surface area contributed by atoms with E-state index >= 15 is 0 Å². The first-order valence-corrected chi connectivity index (χ1v) is 4.16. The maximum atomic E-state index is 12.1. The van der Waals surface area contributed by atoms with Crippen molar-refractivity contribution < 1.29 is 18.0 Å². The summed E-state index contributed by atoms with van der Waals surface area (Å²) in [6, 6.07) is 2.10. The van der Waals surface area contributed by atoms with Crippen LogP contribution in [0.2, 0.25) is 0 Å². The Kier molecular flexibility index (Phi) is 3.28. The zero-order valence-corrected chi connectivity index (χ0v) is 7.93. The van der Waals surface area contributed by atoms with Crippen LogP contribution >= 0.6 is 0 Å². The Labute approximate surface area is 84.3 Å². The summed E-state index contributed by atoms with van der Waals surface area (Å²) >= 11 is 0. The molecule has 6 heteroatoms. The molecule has 0 aliphatic heterocycles. The third-order valence-corrected chi connectivity index (χ3v) is 1.76. The smallest absolute Gasteiger partial charge is 0.359 e. The number of aromatic nitrogens is 1. The van der Waals surface area contributed by atoms with Gasteiger partial charge in [0, 0.05) is 13.2 Å². The molecule has 15 heavy (non-hydrogen) atoms. The molecule has 0 unspecified atom stereocenters. The summed E-state index contributed by atoms with van der Waals surface area (Å²) in [7, 11) is 1.46. The Balaban J connectivity index is 2.77. The van der Waals surface area contributed by atoms with Gasteiger partial charge in [0.2, 0.25) is 5.91 Å². The first-order chi connectivity index (χ1) is 6.93. The van der Waals surface area contributed by atoms with E-state index < -0.39 is 11.9 Å². The van der Waals surface area contributed by atoms with Crippen LogP contribution in [0.4, 0.5) is 13.2 Å². The van der Waals surface area contributed by atoms with Crippen LogP contribution in [0.25, 0.3) is 0 Å². The number of carbonyl (C=O) groups is 1. The summed E-state index contributed by atoms with van der Waals surface area (Å²) < 4.78 is 36.3. The summed E-state index contributed by atoms with van der Waals surface area (Å²) in [5.74, 6) is -0.267. The minimum Gasteiger partial charge on any atom is -0.359 e. The highest BCUT2D eigenvalue weighted by atomic mass is 19.4. The molecule has 1 N–H and O–H groups in total. The zero-order valence-electron chi connectivity index (χ0n) is 7.93. The maximum absolute atomic E-state index is 12.1. The highest BCUT2D eigenvalue weighted by Gasteiger charge is 2.31. The fraction of sp³-hybridized carbons (Fsp3) is 0.333. The van der Waals surface area contributed by atoms with Gasteiger partial charge in [-0.05, 0) is 11.6 Å². The second-order valence-corrected chi connectivity index (χ2v) is 2.90. The third kappa shape index (κ3) is 3.23. The zero-order chi connectivity index (χ0) is 11.5. The molecule has 1 aromatic heterocycles. The van der Waals surface area contributed by atoms with Crippen molar-refractivity contribution in [1.29, 1.82) is 0 Å². The molecule has 0 bridgehead atoms. The lowest BCUT2D eigenvalue weighted by Crippen LogP contribution is -2.20. The van der Waals surface area contributed by atoms with Crippen molar-refractivity contribution in [2.45, 2.75) is 12.6 Å². The number of halogens is 3. The van der Waals surface area contributed by atoms with Crippen LogP contribution in [-0.2, 0) is 17.4 Å². The van der Waals surface area contributed by atoms with Crippen molar-refractivity contribution >= 4 is 5.91 Å². The van der Waals surface area contributed by atoms with E-state index in [9.17, 15) is 18.0 Å². The Bertz CT molecular complexity index is 345. The average Bonchev–Trinajstić information content (AvgIpc) is 2.17. The predicted octanol–water partition coefficient (Wildman–Crippen LogP) is 1.39. The fourth-order valence-corrected chi connectivity index (χ4v) is 0.971. The molecular formula is C9H9F3N2O. The minimum atomic E-state index is -4.44. The van der Waals surface area contributed by atoms with Crippen molar-refractivity contribution in [1.82, 2.24) is 10.3 Å². The molecule has 0 aliphatic rings. The number of nitrogens with zero attached hydrogens (tertiary/aromatic N) is 1. The first-order valence-electron chi connectivity index (χ1n) is 4.16. The summed E-state index contributed by atoms with van der Waals surface area (Å²) in [5, 5.41) is 2.37. The normalized spacial score (nSPS) is 11.2. The number of nitrogens with one attached hydrogen (secondary N) is 1. The van der Waals surface area contributed by atoms with Crippen LogP contribution in [0.1, 0.15) is 11.3 Å². The third-order valence-electron chi connectivity index (χ3n) is 1.76. The minimum absolute atomic E-state index is 0.0294.